The highest BCUT2D eigenvalue weighted by Gasteiger charge is 2.01. The van der Waals surface area contributed by atoms with Crippen LogP contribution >= 0.6 is 0 Å². The summed E-state index contributed by atoms with van der Waals surface area (Å²) in [6.07, 6.45) is 5.28. The standard InChI is InChI=1S/C10H13N5/c1-7-5-13-8(2)10(15-7)14-6-9-11-3-4-12-9/h3-5H,6H2,1-2H3,(H,11,12)(H,14,15). The first-order valence-corrected chi connectivity index (χ1v) is 4.78. The normalized spacial score (nSPS) is 10.3. The number of aryl methyl sites for hydroxylation is 2. The van der Waals surface area contributed by atoms with E-state index in [-0.39, 0.29) is 0 Å². The molecule has 2 aromatic rings. The molecule has 2 heterocycles. The second kappa shape index (κ2) is 4.08. The van der Waals surface area contributed by atoms with Gasteiger partial charge in [0.05, 0.1) is 17.9 Å². The van der Waals surface area contributed by atoms with Crippen LogP contribution in [0.15, 0.2) is 18.6 Å². The highest BCUT2D eigenvalue weighted by Crippen LogP contribution is 2.09. The monoisotopic (exact) mass is 203 g/mol. The lowest BCUT2D eigenvalue weighted by atomic mass is 10.4. The molecular formula is C10H13N5. The highest BCUT2D eigenvalue weighted by atomic mass is 15.0. The van der Waals surface area contributed by atoms with Gasteiger partial charge in [-0.2, -0.15) is 0 Å². The Labute approximate surface area is 88.0 Å². The second-order valence-corrected chi connectivity index (χ2v) is 3.33. The number of anilines is 1. The number of H-pyrrole nitrogens is 1. The van der Waals surface area contributed by atoms with E-state index in [9.17, 15) is 0 Å². The zero-order valence-electron chi connectivity index (χ0n) is 8.78. The number of hydrogen-bond donors (Lipinski definition) is 2. The summed E-state index contributed by atoms with van der Waals surface area (Å²) in [7, 11) is 0. The second-order valence-electron chi connectivity index (χ2n) is 3.33. The largest absolute Gasteiger partial charge is 0.361 e. The van der Waals surface area contributed by atoms with E-state index in [1.165, 1.54) is 0 Å². The Balaban J connectivity index is 2.07. The van der Waals surface area contributed by atoms with E-state index >= 15 is 0 Å². The van der Waals surface area contributed by atoms with Gasteiger partial charge in [-0.1, -0.05) is 0 Å². The summed E-state index contributed by atoms with van der Waals surface area (Å²) in [6.45, 7) is 4.48. The molecule has 0 amide bonds. The summed E-state index contributed by atoms with van der Waals surface area (Å²) >= 11 is 0. The molecule has 0 unspecified atom stereocenters. The van der Waals surface area contributed by atoms with Crippen molar-refractivity contribution in [2.45, 2.75) is 20.4 Å². The fourth-order valence-electron chi connectivity index (χ4n) is 1.27. The van der Waals surface area contributed by atoms with E-state index in [1.54, 1.807) is 18.6 Å². The molecule has 0 fully saturated rings. The van der Waals surface area contributed by atoms with Crippen LogP contribution in [0.2, 0.25) is 0 Å². The summed E-state index contributed by atoms with van der Waals surface area (Å²) in [6, 6.07) is 0. The smallest absolute Gasteiger partial charge is 0.148 e. The van der Waals surface area contributed by atoms with Crippen molar-refractivity contribution >= 4 is 5.82 Å². The molecule has 2 N–H and O–H groups in total. The summed E-state index contributed by atoms with van der Waals surface area (Å²) in [4.78, 5) is 15.7. The van der Waals surface area contributed by atoms with Crippen molar-refractivity contribution in [2.24, 2.45) is 0 Å². The van der Waals surface area contributed by atoms with E-state index in [2.05, 4.69) is 25.3 Å². The summed E-state index contributed by atoms with van der Waals surface area (Å²) in [5, 5.41) is 3.19. The lowest BCUT2D eigenvalue weighted by Crippen LogP contribution is -2.06. The van der Waals surface area contributed by atoms with Gasteiger partial charge < -0.3 is 10.3 Å². The molecule has 0 saturated carbocycles. The molecule has 2 rings (SSSR count). The third-order valence-corrected chi connectivity index (χ3v) is 2.05. The fraction of sp³-hybridized carbons (Fsp3) is 0.300. The van der Waals surface area contributed by atoms with Crippen LogP contribution in [0.5, 0.6) is 0 Å². The third-order valence-electron chi connectivity index (χ3n) is 2.05. The van der Waals surface area contributed by atoms with Gasteiger partial charge in [0.25, 0.3) is 0 Å². The zero-order valence-corrected chi connectivity index (χ0v) is 8.78. The van der Waals surface area contributed by atoms with Gasteiger partial charge in [-0.15, -0.1) is 0 Å². The first kappa shape index (κ1) is 9.64. The molecule has 0 saturated heterocycles. The molecule has 2 aromatic heterocycles. The van der Waals surface area contributed by atoms with E-state index in [1.807, 2.05) is 13.8 Å². The maximum Gasteiger partial charge on any atom is 0.148 e. The number of rotatable bonds is 3. The minimum absolute atomic E-state index is 0.631. The van der Waals surface area contributed by atoms with Gasteiger partial charge in [0.1, 0.15) is 11.6 Å². The Morgan fingerprint density at radius 3 is 2.93 bits per heavy atom. The average molecular weight is 203 g/mol. The molecule has 0 bridgehead atoms. The lowest BCUT2D eigenvalue weighted by molar-refractivity contribution is 0.962. The SMILES string of the molecule is Cc1cnc(C)c(NCc2ncc[nH]2)n1. The molecule has 0 aliphatic heterocycles. The topological polar surface area (TPSA) is 66.5 Å². The van der Waals surface area contributed by atoms with Gasteiger partial charge in [-0.05, 0) is 13.8 Å². The number of nitrogens with one attached hydrogen (secondary N) is 2. The fourth-order valence-corrected chi connectivity index (χ4v) is 1.27. The van der Waals surface area contributed by atoms with Crippen LogP contribution in [0.25, 0.3) is 0 Å². The van der Waals surface area contributed by atoms with Crippen molar-refractivity contribution in [2.75, 3.05) is 5.32 Å². The van der Waals surface area contributed by atoms with E-state index in [4.69, 9.17) is 0 Å². The zero-order chi connectivity index (χ0) is 10.7. The van der Waals surface area contributed by atoms with Gasteiger partial charge >= 0.3 is 0 Å². The quantitative estimate of drug-likeness (QED) is 0.791. The Morgan fingerprint density at radius 2 is 2.20 bits per heavy atom. The van der Waals surface area contributed by atoms with Crippen molar-refractivity contribution < 1.29 is 0 Å². The van der Waals surface area contributed by atoms with Crippen molar-refractivity contribution in [3.8, 4) is 0 Å². The first-order chi connectivity index (χ1) is 7.25. The van der Waals surface area contributed by atoms with Gasteiger partial charge in [0, 0.05) is 18.6 Å². The Morgan fingerprint density at radius 1 is 1.33 bits per heavy atom. The van der Waals surface area contributed by atoms with Crippen molar-refractivity contribution in [3.63, 3.8) is 0 Å². The van der Waals surface area contributed by atoms with Gasteiger partial charge in [-0.3, -0.25) is 4.98 Å². The van der Waals surface area contributed by atoms with Crippen LogP contribution in [0.1, 0.15) is 17.2 Å². The van der Waals surface area contributed by atoms with Gasteiger partial charge in [0.2, 0.25) is 0 Å². The summed E-state index contributed by atoms with van der Waals surface area (Å²) in [5.74, 6) is 1.70. The Kier molecular flexibility index (Phi) is 2.62. The number of nitrogens with zero attached hydrogens (tertiary/aromatic N) is 3. The number of aromatic amines is 1. The highest BCUT2D eigenvalue weighted by molar-refractivity contribution is 5.39. The maximum atomic E-state index is 4.36. The average Bonchev–Trinajstić information content (AvgIpc) is 2.72. The predicted molar refractivity (Wildman–Crippen MR) is 57.4 cm³/mol. The Hall–Kier alpha value is -1.91. The van der Waals surface area contributed by atoms with Crippen LogP contribution in [0, 0.1) is 13.8 Å². The van der Waals surface area contributed by atoms with Crippen LogP contribution < -0.4 is 5.32 Å². The predicted octanol–water partition coefficient (Wildman–Crippen LogP) is 1.43. The minimum atomic E-state index is 0.631. The molecule has 0 aromatic carbocycles. The number of hydrogen-bond acceptors (Lipinski definition) is 4. The first-order valence-electron chi connectivity index (χ1n) is 4.78. The number of imidazole rings is 1. The van der Waals surface area contributed by atoms with E-state index in [0.717, 1.165) is 23.0 Å². The Bertz CT molecular complexity index is 435. The molecule has 15 heavy (non-hydrogen) atoms. The molecule has 78 valence electrons. The maximum absolute atomic E-state index is 4.36. The van der Waals surface area contributed by atoms with Crippen LogP contribution in [-0.4, -0.2) is 19.9 Å². The summed E-state index contributed by atoms with van der Waals surface area (Å²) in [5.41, 5.74) is 1.80. The van der Waals surface area contributed by atoms with Gasteiger partial charge in [0.15, 0.2) is 0 Å². The van der Waals surface area contributed by atoms with E-state index in [0.29, 0.717) is 6.54 Å². The van der Waals surface area contributed by atoms with E-state index < -0.39 is 0 Å². The molecule has 5 nitrogen and oxygen atoms in total. The summed E-state index contributed by atoms with van der Waals surface area (Å²) < 4.78 is 0. The van der Waals surface area contributed by atoms with Crippen LogP contribution in [-0.2, 0) is 6.54 Å². The van der Waals surface area contributed by atoms with Crippen LogP contribution in [0.3, 0.4) is 0 Å². The third kappa shape index (κ3) is 2.31. The molecule has 0 aliphatic rings. The molecule has 0 spiro atoms. The number of aromatic nitrogens is 4. The molecular weight excluding hydrogens is 190 g/mol. The van der Waals surface area contributed by atoms with Crippen molar-refractivity contribution in [1.29, 1.82) is 0 Å². The van der Waals surface area contributed by atoms with Gasteiger partial charge in [-0.25, -0.2) is 9.97 Å². The van der Waals surface area contributed by atoms with Crippen molar-refractivity contribution in [3.05, 3.63) is 35.8 Å². The minimum Gasteiger partial charge on any atom is -0.361 e. The molecule has 0 atom stereocenters. The van der Waals surface area contributed by atoms with Crippen molar-refractivity contribution in [1.82, 2.24) is 19.9 Å². The lowest BCUT2D eigenvalue weighted by Gasteiger charge is -2.06. The van der Waals surface area contributed by atoms with Crippen LogP contribution in [0.4, 0.5) is 5.82 Å². The molecule has 0 radical (unpaired) electrons. The molecule has 0 aliphatic carbocycles. The molecule has 5 heteroatoms.